The Labute approximate surface area is 114 Å². The highest BCUT2D eigenvalue weighted by Gasteiger charge is 2.19. The normalized spacial score (nSPS) is 12.8. The summed E-state index contributed by atoms with van der Waals surface area (Å²) < 4.78 is 32.9. The second-order valence-electron chi connectivity index (χ2n) is 4.81. The van der Waals surface area contributed by atoms with Crippen molar-refractivity contribution in [2.45, 2.75) is 13.0 Å². The van der Waals surface area contributed by atoms with Crippen LogP contribution >= 0.6 is 0 Å². The zero-order valence-corrected chi connectivity index (χ0v) is 10.9. The molecule has 2 nitrogen and oxygen atoms in total. The minimum Gasteiger partial charge on any atom is -0.456 e. The van der Waals surface area contributed by atoms with Crippen LogP contribution in [0.25, 0.3) is 11.0 Å². The lowest BCUT2D eigenvalue weighted by atomic mass is 10.0. The van der Waals surface area contributed by atoms with Crippen LogP contribution in [0.3, 0.4) is 0 Å². The molecule has 0 amide bonds. The summed E-state index contributed by atoms with van der Waals surface area (Å²) >= 11 is 0. The van der Waals surface area contributed by atoms with Crippen molar-refractivity contribution < 1.29 is 13.2 Å². The number of aryl methyl sites for hydroxylation is 1. The Balaban J connectivity index is 2.10. The molecule has 3 rings (SSSR count). The van der Waals surface area contributed by atoms with Crippen LogP contribution < -0.4 is 5.73 Å². The third-order valence-corrected chi connectivity index (χ3v) is 3.31. The second kappa shape index (κ2) is 4.72. The van der Waals surface area contributed by atoms with Gasteiger partial charge in [-0.05, 0) is 25.1 Å². The highest BCUT2D eigenvalue weighted by molar-refractivity contribution is 5.78. The first-order valence-electron chi connectivity index (χ1n) is 6.26. The van der Waals surface area contributed by atoms with Crippen LogP contribution in [-0.4, -0.2) is 0 Å². The van der Waals surface area contributed by atoms with Gasteiger partial charge in [0.1, 0.15) is 11.6 Å². The van der Waals surface area contributed by atoms with Crippen LogP contribution in [0.4, 0.5) is 8.78 Å². The topological polar surface area (TPSA) is 39.2 Å². The first kappa shape index (κ1) is 12.8. The monoisotopic (exact) mass is 273 g/mol. The first-order chi connectivity index (χ1) is 9.56. The molecule has 0 bridgehead atoms. The summed E-state index contributed by atoms with van der Waals surface area (Å²) in [4.78, 5) is 0. The summed E-state index contributed by atoms with van der Waals surface area (Å²) in [5, 5.41) is 0.614. The van der Waals surface area contributed by atoms with E-state index in [-0.39, 0.29) is 5.58 Å². The van der Waals surface area contributed by atoms with Crippen molar-refractivity contribution in [1.29, 1.82) is 0 Å². The largest absolute Gasteiger partial charge is 0.456 e. The van der Waals surface area contributed by atoms with Crippen molar-refractivity contribution in [3.63, 3.8) is 0 Å². The van der Waals surface area contributed by atoms with Gasteiger partial charge < -0.3 is 10.2 Å². The number of hydrogen-bond donors (Lipinski definition) is 1. The van der Waals surface area contributed by atoms with Crippen LogP contribution in [0, 0.1) is 18.6 Å². The third-order valence-electron chi connectivity index (χ3n) is 3.31. The average Bonchev–Trinajstić information content (AvgIpc) is 2.86. The van der Waals surface area contributed by atoms with Crippen molar-refractivity contribution in [3.8, 4) is 0 Å². The van der Waals surface area contributed by atoms with E-state index in [1.54, 1.807) is 30.3 Å². The molecule has 20 heavy (non-hydrogen) atoms. The standard InChI is InChI=1S/C16H13F2NO/c1-9-5-6-12(17)11(7-9)15(19)14-8-10-3-2-4-13(18)16(10)20-14/h2-8,15H,19H2,1H3. The molecule has 1 aromatic heterocycles. The van der Waals surface area contributed by atoms with E-state index in [1.165, 1.54) is 12.1 Å². The highest BCUT2D eigenvalue weighted by atomic mass is 19.1. The first-order valence-corrected chi connectivity index (χ1v) is 6.26. The lowest BCUT2D eigenvalue weighted by Gasteiger charge is -2.11. The van der Waals surface area contributed by atoms with Crippen LogP contribution in [0.1, 0.15) is 22.9 Å². The number of hydrogen-bond acceptors (Lipinski definition) is 2. The lowest BCUT2D eigenvalue weighted by molar-refractivity contribution is 0.492. The minimum atomic E-state index is -0.762. The predicted octanol–water partition coefficient (Wildman–Crippen LogP) is 4.07. The Morgan fingerprint density at radius 3 is 2.60 bits per heavy atom. The Hall–Kier alpha value is -2.20. The molecule has 1 atom stereocenters. The molecule has 1 unspecified atom stereocenters. The summed E-state index contributed by atoms with van der Waals surface area (Å²) in [5.74, 6) is -0.510. The van der Waals surface area contributed by atoms with Crippen molar-refractivity contribution >= 4 is 11.0 Å². The van der Waals surface area contributed by atoms with Crippen molar-refractivity contribution in [2.24, 2.45) is 5.73 Å². The smallest absolute Gasteiger partial charge is 0.169 e. The van der Waals surface area contributed by atoms with E-state index >= 15 is 0 Å². The average molecular weight is 273 g/mol. The number of nitrogens with two attached hydrogens (primary N) is 1. The van der Waals surface area contributed by atoms with Crippen molar-refractivity contribution in [2.75, 3.05) is 0 Å². The number of benzene rings is 2. The van der Waals surface area contributed by atoms with Gasteiger partial charge in [0.25, 0.3) is 0 Å². The fourth-order valence-electron chi connectivity index (χ4n) is 2.26. The number of rotatable bonds is 2. The molecule has 3 aromatic rings. The SMILES string of the molecule is Cc1ccc(F)c(C(N)c2cc3cccc(F)c3o2)c1. The molecule has 0 saturated carbocycles. The Bertz CT molecular complexity index is 779. The maximum Gasteiger partial charge on any atom is 0.169 e. The molecular formula is C16H13F2NO. The van der Waals surface area contributed by atoms with Crippen LogP contribution in [-0.2, 0) is 0 Å². The van der Waals surface area contributed by atoms with E-state index in [9.17, 15) is 8.78 Å². The van der Waals surface area contributed by atoms with Crippen molar-refractivity contribution in [3.05, 3.63) is 71.0 Å². The molecule has 0 aliphatic heterocycles. The quantitative estimate of drug-likeness (QED) is 0.764. The van der Waals surface area contributed by atoms with Gasteiger partial charge >= 0.3 is 0 Å². The van der Waals surface area contributed by atoms with Gasteiger partial charge in [-0.15, -0.1) is 0 Å². The van der Waals surface area contributed by atoms with Gasteiger partial charge in [0.15, 0.2) is 11.4 Å². The molecular weight excluding hydrogens is 260 g/mol. The molecule has 2 aromatic carbocycles. The lowest BCUT2D eigenvalue weighted by Crippen LogP contribution is -2.13. The zero-order chi connectivity index (χ0) is 14.3. The van der Waals surface area contributed by atoms with Gasteiger partial charge in [-0.2, -0.15) is 0 Å². The maximum atomic E-state index is 13.8. The van der Waals surface area contributed by atoms with E-state index < -0.39 is 17.7 Å². The molecule has 0 fully saturated rings. The van der Waals surface area contributed by atoms with Crippen LogP contribution in [0.5, 0.6) is 0 Å². The molecule has 0 saturated heterocycles. The van der Waals surface area contributed by atoms with Crippen molar-refractivity contribution in [1.82, 2.24) is 0 Å². The van der Waals surface area contributed by atoms with Gasteiger partial charge in [-0.1, -0.05) is 29.8 Å². The van der Waals surface area contributed by atoms with Gasteiger partial charge in [-0.25, -0.2) is 8.78 Å². The van der Waals surface area contributed by atoms with E-state index in [4.69, 9.17) is 10.2 Å². The molecule has 0 aliphatic rings. The van der Waals surface area contributed by atoms with Gasteiger partial charge in [0.05, 0.1) is 6.04 Å². The van der Waals surface area contributed by atoms with Gasteiger partial charge in [0.2, 0.25) is 0 Å². The fourth-order valence-corrected chi connectivity index (χ4v) is 2.26. The summed E-state index contributed by atoms with van der Waals surface area (Å²) in [6.07, 6.45) is 0. The van der Waals surface area contributed by atoms with E-state index in [0.29, 0.717) is 16.7 Å². The van der Waals surface area contributed by atoms with Gasteiger partial charge in [-0.3, -0.25) is 0 Å². The predicted molar refractivity (Wildman–Crippen MR) is 73.3 cm³/mol. The molecule has 0 spiro atoms. The number of fused-ring (bicyclic) bond motifs is 1. The molecule has 1 heterocycles. The van der Waals surface area contributed by atoms with E-state index in [0.717, 1.165) is 5.56 Å². The summed E-state index contributed by atoms with van der Waals surface area (Å²) in [6, 6.07) is 10.2. The fraction of sp³-hybridized carbons (Fsp3) is 0.125. The Morgan fingerprint density at radius 2 is 1.85 bits per heavy atom. The Morgan fingerprint density at radius 1 is 1.05 bits per heavy atom. The van der Waals surface area contributed by atoms with Gasteiger partial charge in [0, 0.05) is 10.9 Å². The number of para-hydroxylation sites is 1. The molecule has 102 valence electrons. The number of halogens is 2. The van der Waals surface area contributed by atoms with E-state index in [2.05, 4.69) is 0 Å². The highest BCUT2D eigenvalue weighted by Crippen LogP contribution is 2.29. The third kappa shape index (κ3) is 2.08. The zero-order valence-electron chi connectivity index (χ0n) is 10.9. The summed E-state index contributed by atoms with van der Waals surface area (Å²) in [7, 11) is 0. The molecule has 0 radical (unpaired) electrons. The number of furan rings is 1. The second-order valence-corrected chi connectivity index (χ2v) is 4.81. The molecule has 4 heteroatoms. The molecule has 2 N–H and O–H groups in total. The van der Waals surface area contributed by atoms with E-state index in [1.807, 2.05) is 6.92 Å². The maximum absolute atomic E-state index is 13.8. The Kier molecular flexibility index (Phi) is 3.03. The summed E-state index contributed by atoms with van der Waals surface area (Å²) in [6.45, 7) is 1.86. The van der Waals surface area contributed by atoms with Crippen LogP contribution in [0.15, 0.2) is 46.9 Å². The molecule has 0 aliphatic carbocycles. The van der Waals surface area contributed by atoms with Crippen LogP contribution in [0.2, 0.25) is 0 Å². The summed E-state index contributed by atoms with van der Waals surface area (Å²) in [5.41, 5.74) is 7.43. The minimum absolute atomic E-state index is 0.144.